The fourth-order valence-corrected chi connectivity index (χ4v) is 1.22. The molecule has 0 bridgehead atoms. The summed E-state index contributed by atoms with van der Waals surface area (Å²) < 4.78 is 4.91. The summed E-state index contributed by atoms with van der Waals surface area (Å²) in [6.07, 6.45) is 3.24. The Morgan fingerprint density at radius 2 is 2.50 bits per heavy atom. The normalized spacial score (nSPS) is 12.9. The van der Waals surface area contributed by atoms with Gasteiger partial charge in [-0.15, -0.1) is 0 Å². The Balaban J connectivity index is 2.79. The lowest BCUT2D eigenvalue weighted by molar-refractivity contribution is 0.181. The molecular weight excluding hydrogens is 176 g/mol. The van der Waals surface area contributed by atoms with Crippen molar-refractivity contribution in [2.45, 2.75) is 6.04 Å². The van der Waals surface area contributed by atoms with Crippen molar-refractivity contribution in [2.24, 2.45) is 5.73 Å². The van der Waals surface area contributed by atoms with Gasteiger partial charge in [-0.05, 0) is 11.6 Å². The van der Waals surface area contributed by atoms with Gasteiger partial charge in [0.25, 0.3) is 0 Å². The molecule has 1 rings (SSSR count). The molecule has 1 unspecified atom stereocenters. The van der Waals surface area contributed by atoms with Gasteiger partial charge in [0.05, 0.1) is 17.7 Å². The zero-order valence-electron chi connectivity index (χ0n) is 6.83. The van der Waals surface area contributed by atoms with Crippen LogP contribution in [0.2, 0.25) is 5.02 Å². The Labute approximate surface area is 76.5 Å². The third-order valence-electron chi connectivity index (χ3n) is 1.55. The van der Waals surface area contributed by atoms with Gasteiger partial charge in [0.1, 0.15) is 0 Å². The summed E-state index contributed by atoms with van der Waals surface area (Å²) in [6, 6.07) is 1.62. The summed E-state index contributed by atoms with van der Waals surface area (Å²) >= 11 is 5.86. The number of halogens is 1. The summed E-state index contributed by atoms with van der Waals surface area (Å²) in [5, 5.41) is 0.585. The highest BCUT2D eigenvalue weighted by Gasteiger charge is 2.08. The van der Waals surface area contributed by atoms with E-state index in [0.717, 1.165) is 5.56 Å². The third kappa shape index (κ3) is 2.17. The largest absolute Gasteiger partial charge is 0.383 e. The number of aromatic nitrogens is 1. The highest BCUT2D eigenvalue weighted by atomic mass is 35.5. The van der Waals surface area contributed by atoms with Crippen LogP contribution in [0.15, 0.2) is 18.5 Å². The molecule has 2 N–H and O–H groups in total. The molecule has 0 saturated heterocycles. The Bertz CT molecular complexity index is 255. The number of methoxy groups -OCH3 is 1. The summed E-state index contributed by atoms with van der Waals surface area (Å²) in [7, 11) is 1.61. The topological polar surface area (TPSA) is 48.1 Å². The van der Waals surface area contributed by atoms with E-state index in [1.54, 1.807) is 25.6 Å². The van der Waals surface area contributed by atoms with Crippen LogP contribution in [-0.2, 0) is 4.74 Å². The van der Waals surface area contributed by atoms with Crippen LogP contribution in [0.5, 0.6) is 0 Å². The average molecular weight is 187 g/mol. The minimum absolute atomic E-state index is 0.175. The molecule has 0 radical (unpaired) electrons. The molecule has 1 heterocycles. The van der Waals surface area contributed by atoms with Crippen molar-refractivity contribution in [3.8, 4) is 0 Å². The van der Waals surface area contributed by atoms with E-state index in [0.29, 0.717) is 11.6 Å². The maximum Gasteiger partial charge on any atom is 0.0656 e. The Morgan fingerprint density at radius 3 is 3.08 bits per heavy atom. The first-order valence-electron chi connectivity index (χ1n) is 3.59. The number of nitrogens with zero attached hydrogens (tertiary/aromatic N) is 1. The van der Waals surface area contributed by atoms with Crippen molar-refractivity contribution in [2.75, 3.05) is 13.7 Å². The second kappa shape index (κ2) is 4.40. The van der Waals surface area contributed by atoms with Crippen LogP contribution in [0.25, 0.3) is 0 Å². The van der Waals surface area contributed by atoms with Crippen molar-refractivity contribution < 1.29 is 4.74 Å². The monoisotopic (exact) mass is 186 g/mol. The van der Waals surface area contributed by atoms with Crippen LogP contribution < -0.4 is 5.73 Å². The molecule has 3 nitrogen and oxygen atoms in total. The summed E-state index contributed by atoms with van der Waals surface area (Å²) in [5.74, 6) is 0. The van der Waals surface area contributed by atoms with Gasteiger partial charge in [0, 0.05) is 19.5 Å². The highest BCUT2D eigenvalue weighted by Crippen LogP contribution is 2.19. The van der Waals surface area contributed by atoms with Gasteiger partial charge in [0.2, 0.25) is 0 Å². The van der Waals surface area contributed by atoms with Crippen LogP contribution in [-0.4, -0.2) is 18.7 Å². The Morgan fingerprint density at radius 1 is 1.75 bits per heavy atom. The molecule has 1 atom stereocenters. The molecule has 0 aliphatic heterocycles. The number of rotatable bonds is 3. The molecule has 0 aromatic carbocycles. The van der Waals surface area contributed by atoms with E-state index in [2.05, 4.69) is 4.98 Å². The molecule has 1 aromatic heterocycles. The van der Waals surface area contributed by atoms with Gasteiger partial charge in [-0.1, -0.05) is 11.6 Å². The number of ether oxygens (including phenoxy) is 1. The molecule has 0 aliphatic rings. The van der Waals surface area contributed by atoms with E-state index in [4.69, 9.17) is 22.1 Å². The minimum Gasteiger partial charge on any atom is -0.383 e. The van der Waals surface area contributed by atoms with Crippen LogP contribution >= 0.6 is 11.6 Å². The molecule has 0 fully saturated rings. The molecule has 0 amide bonds. The van der Waals surface area contributed by atoms with E-state index in [1.807, 2.05) is 0 Å². The van der Waals surface area contributed by atoms with Crippen molar-refractivity contribution in [3.63, 3.8) is 0 Å². The standard InChI is InChI=1S/C8H11ClN2O/c1-12-5-8(10)6-2-3-11-4-7(6)9/h2-4,8H,5,10H2,1H3. The summed E-state index contributed by atoms with van der Waals surface area (Å²) in [5.41, 5.74) is 6.64. The quantitative estimate of drug-likeness (QED) is 0.776. The zero-order valence-corrected chi connectivity index (χ0v) is 7.58. The lowest BCUT2D eigenvalue weighted by atomic mass is 10.1. The predicted molar refractivity (Wildman–Crippen MR) is 48.1 cm³/mol. The molecular formula is C8H11ClN2O. The van der Waals surface area contributed by atoms with E-state index >= 15 is 0 Å². The maximum atomic E-state index is 5.86. The van der Waals surface area contributed by atoms with Crippen LogP contribution in [0.3, 0.4) is 0 Å². The van der Waals surface area contributed by atoms with Gasteiger partial charge < -0.3 is 10.5 Å². The average Bonchev–Trinajstić information content (AvgIpc) is 2.05. The zero-order chi connectivity index (χ0) is 8.97. The predicted octanol–water partition coefficient (Wildman–Crippen LogP) is 1.38. The van der Waals surface area contributed by atoms with Gasteiger partial charge in [0.15, 0.2) is 0 Å². The number of nitrogens with two attached hydrogens (primary N) is 1. The van der Waals surface area contributed by atoms with Gasteiger partial charge in [-0.25, -0.2) is 0 Å². The van der Waals surface area contributed by atoms with Gasteiger partial charge in [-0.3, -0.25) is 4.98 Å². The lowest BCUT2D eigenvalue weighted by Crippen LogP contribution is -2.16. The van der Waals surface area contributed by atoms with Crippen LogP contribution in [0.1, 0.15) is 11.6 Å². The molecule has 1 aromatic rings. The first-order valence-corrected chi connectivity index (χ1v) is 3.97. The van der Waals surface area contributed by atoms with Crippen LogP contribution in [0, 0.1) is 0 Å². The Kier molecular flexibility index (Phi) is 3.47. The lowest BCUT2D eigenvalue weighted by Gasteiger charge is -2.11. The summed E-state index contributed by atoms with van der Waals surface area (Å²) in [6.45, 7) is 0.462. The number of pyridine rings is 1. The van der Waals surface area contributed by atoms with E-state index in [-0.39, 0.29) is 6.04 Å². The number of hydrogen-bond acceptors (Lipinski definition) is 3. The van der Waals surface area contributed by atoms with Crippen molar-refractivity contribution in [1.29, 1.82) is 0 Å². The molecule has 12 heavy (non-hydrogen) atoms. The molecule has 0 aliphatic carbocycles. The second-order valence-corrected chi connectivity index (χ2v) is 2.87. The highest BCUT2D eigenvalue weighted by molar-refractivity contribution is 6.31. The van der Waals surface area contributed by atoms with E-state index in [1.165, 1.54) is 0 Å². The SMILES string of the molecule is COCC(N)c1ccncc1Cl. The van der Waals surface area contributed by atoms with E-state index < -0.39 is 0 Å². The van der Waals surface area contributed by atoms with Crippen LogP contribution in [0.4, 0.5) is 0 Å². The molecule has 66 valence electrons. The molecule has 0 spiro atoms. The molecule has 0 saturated carbocycles. The second-order valence-electron chi connectivity index (χ2n) is 2.46. The fraction of sp³-hybridized carbons (Fsp3) is 0.375. The van der Waals surface area contributed by atoms with E-state index in [9.17, 15) is 0 Å². The molecule has 4 heteroatoms. The van der Waals surface area contributed by atoms with Crippen molar-refractivity contribution >= 4 is 11.6 Å². The number of hydrogen-bond donors (Lipinski definition) is 1. The smallest absolute Gasteiger partial charge is 0.0656 e. The third-order valence-corrected chi connectivity index (χ3v) is 1.87. The maximum absolute atomic E-state index is 5.86. The fourth-order valence-electron chi connectivity index (χ4n) is 0.956. The first kappa shape index (κ1) is 9.45. The minimum atomic E-state index is -0.175. The van der Waals surface area contributed by atoms with Gasteiger partial charge in [-0.2, -0.15) is 0 Å². The van der Waals surface area contributed by atoms with Crippen molar-refractivity contribution in [3.05, 3.63) is 29.0 Å². The first-order chi connectivity index (χ1) is 5.75. The Hall–Kier alpha value is -0.640. The summed E-state index contributed by atoms with van der Waals surface area (Å²) in [4.78, 5) is 3.86. The van der Waals surface area contributed by atoms with Crippen molar-refractivity contribution in [1.82, 2.24) is 4.98 Å². The van der Waals surface area contributed by atoms with Gasteiger partial charge >= 0.3 is 0 Å².